The van der Waals surface area contributed by atoms with Crippen molar-refractivity contribution >= 4 is 11.9 Å². The van der Waals surface area contributed by atoms with Crippen LogP contribution in [-0.2, 0) is 16.0 Å². The zero-order chi connectivity index (χ0) is 14.1. The van der Waals surface area contributed by atoms with E-state index in [1.165, 1.54) is 0 Å². The molecule has 0 saturated heterocycles. The van der Waals surface area contributed by atoms with Crippen LogP contribution in [0.25, 0.3) is 0 Å². The summed E-state index contributed by atoms with van der Waals surface area (Å²) in [7, 11) is 0. The van der Waals surface area contributed by atoms with Crippen LogP contribution in [0.3, 0.4) is 0 Å². The fraction of sp³-hybridized carbons (Fsp3) is 0.500. The summed E-state index contributed by atoms with van der Waals surface area (Å²) in [5.41, 5.74) is 0.952. The van der Waals surface area contributed by atoms with Crippen LogP contribution in [0.5, 0.6) is 0 Å². The molecule has 0 spiro atoms. The Morgan fingerprint density at radius 3 is 2.75 bits per heavy atom. The van der Waals surface area contributed by atoms with E-state index in [1.54, 1.807) is 12.5 Å². The van der Waals surface area contributed by atoms with Gasteiger partial charge in [-0.1, -0.05) is 12.2 Å². The number of carboxylic acid groups (broad SMARTS) is 1. The molecule has 1 heterocycles. The lowest BCUT2D eigenvalue weighted by Gasteiger charge is -2.23. The second kappa shape index (κ2) is 5.11. The number of nitrogens with zero attached hydrogens (tertiary/aromatic N) is 1. The highest BCUT2D eigenvalue weighted by atomic mass is 16.4. The standard InChI is InChI=1S/C14H17N3O3/c18-13(16-4-3-10-6-15-7-17-10)11-8-1-2-9(5-8)12(11)14(19)20/h1-2,6-9,11-12H,3-5H2,(H,15,17)(H,16,18)(H,19,20)/t8?,9?,11-,12+/m0/s1. The van der Waals surface area contributed by atoms with E-state index in [0.29, 0.717) is 13.0 Å². The molecule has 1 fully saturated rings. The Balaban J connectivity index is 1.59. The molecule has 2 bridgehead atoms. The van der Waals surface area contributed by atoms with E-state index >= 15 is 0 Å². The minimum absolute atomic E-state index is 0.0147. The van der Waals surface area contributed by atoms with Gasteiger partial charge in [0.25, 0.3) is 0 Å². The Kier molecular flexibility index (Phi) is 3.30. The Hall–Kier alpha value is -2.11. The van der Waals surface area contributed by atoms with Crippen LogP contribution in [0.4, 0.5) is 0 Å². The summed E-state index contributed by atoms with van der Waals surface area (Å²) >= 11 is 0. The lowest BCUT2D eigenvalue weighted by atomic mass is 9.82. The Labute approximate surface area is 116 Å². The number of carbonyl (C=O) groups excluding carboxylic acids is 1. The van der Waals surface area contributed by atoms with E-state index < -0.39 is 17.8 Å². The number of aromatic nitrogens is 2. The highest BCUT2D eigenvalue weighted by molar-refractivity contribution is 5.86. The van der Waals surface area contributed by atoms with Crippen molar-refractivity contribution in [3.05, 3.63) is 30.4 Å². The van der Waals surface area contributed by atoms with Crippen molar-refractivity contribution in [1.29, 1.82) is 0 Å². The van der Waals surface area contributed by atoms with Gasteiger partial charge >= 0.3 is 5.97 Å². The molecule has 0 aromatic carbocycles. The summed E-state index contributed by atoms with van der Waals surface area (Å²) in [4.78, 5) is 30.5. The minimum atomic E-state index is -0.865. The van der Waals surface area contributed by atoms with Gasteiger partial charge in [-0.15, -0.1) is 0 Å². The van der Waals surface area contributed by atoms with Gasteiger partial charge in [-0.05, 0) is 18.3 Å². The average Bonchev–Trinajstić information content (AvgIpc) is 3.13. The van der Waals surface area contributed by atoms with Gasteiger partial charge in [0.05, 0.1) is 18.2 Å². The normalized spacial score (nSPS) is 30.6. The third kappa shape index (κ3) is 2.21. The number of carbonyl (C=O) groups is 2. The fourth-order valence-corrected chi connectivity index (χ4v) is 3.38. The molecule has 3 N–H and O–H groups in total. The Morgan fingerprint density at radius 2 is 2.10 bits per heavy atom. The van der Waals surface area contributed by atoms with Crippen molar-refractivity contribution in [2.24, 2.45) is 23.7 Å². The molecule has 6 nitrogen and oxygen atoms in total. The molecule has 4 atom stereocenters. The Bertz CT molecular complexity index is 538. The van der Waals surface area contributed by atoms with Crippen molar-refractivity contribution in [3.8, 4) is 0 Å². The molecule has 2 unspecified atom stereocenters. The van der Waals surface area contributed by atoms with Crippen LogP contribution in [0, 0.1) is 23.7 Å². The molecule has 20 heavy (non-hydrogen) atoms. The first-order valence-corrected chi connectivity index (χ1v) is 6.83. The lowest BCUT2D eigenvalue weighted by molar-refractivity contribution is -0.147. The van der Waals surface area contributed by atoms with Crippen LogP contribution >= 0.6 is 0 Å². The summed E-state index contributed by atoms with van der Waals surface area (Å²) < 4.78 is 0. The predicted octanol–water partition coefficient (Wildman–Crippen LogP) is 0.591. The minimum Gasteiger partial charge on any atom is -0.481 e. The largest absolute Gasteiger partial charge is 0.481 e. The molecular formula is C14H17N3O3. The first-order valence-electron chi connectivity index (χ1n) is 6.83. The SMILES string of the molecule is O=C(O)[C@@H]1C2C=CC(C2)[C@@H]1C(=O)NCCc1cnc[nH]1. The highest BCUT2D eigenvalue weighted by Crippen LogP contribution is 2.48. The summed E-state index contributed by atoms with van der Waals surface area (Å²) in [5.74, 6) is -1.92. The molecule has 1 aromatic heterocycles. The molecule has 0 radical (unpaired) electrons. The van der Waals surface area contributed by atoms with Crippen molar-refractivity contribution < 1.29 is 14.7 Å². The van der Waals surface area contributed by atoms with Gasteiger partial charge in [-0.3, -0.25) is 9.59 Å². The molecule has 1 saturated carbocycles. The second-order valence-electron chi connectivity index (χ2n) is 5.46. The number of amides is 1. The summed E-state index contributed by atoms with van der Waals surface area (Å²) in [6.07, 6.45) is 8.70. The maximum Gasteiger partial charge on any atom is 0.307 e. The van der Waals surface area contributed by atoms with Crippen LogP contribution < -0.4 is 5.32 Å². The van der Waals surface area contributed by atoms with Gasteiger partial charge in [0.15, 0.2) is 0 Å². The van der Waals surface area contributed by atoms with Crippen molar-refractivity contribution in [2.45, 2.75) is 12.8 Å². The van der Waals surface area contributed by atoms with Gasteiger partial charge in [0.2, 0.25) is 5.91 Å². The number of rotatable bonds is 5. The summed E-state index contributed by atoms with van der Waals surface area (Å²) in [5, 5.41) is 12.2. The second-order valence-corrected chi connectivity index (χ2v) is 5.46. The van der Waals surface area contributed by atoms with E-state index in [0.717, 1.165) is 12.1 Å². The summed E-state index contributed by atoms with van der Waals surface area (Å²) in [6, 6.07) is 0. The van der Waals surface area contributed by atoms with Gasteiger partial charge in [0, 0.05) is 24.9 Å². The maximum atomic E-state index is 12.2. The number of aliphatic carboxylic acids is 1. The molecule has 3 rings (SSSR count). The highest BCUT2D eigenvalue weighted by Gasteiger charge is 2.51. The van der Waals surface area contributed by atoms with Crippen molar-refractivity contribution in [1.82, 2.24) is 15.3 Å². The van der Waals surface area contributed by atoms with Crippen LogP contribution in [0.15, 0.2) is 24.7 Å². The Morgan fingerprint density at radius 1 is 1.35 bits per heavy atom. The molecule has 2 aliphatic rings. The molecule has 106 valence electrons. The number of allylic oxidation sites excluding steroid dienone is 2. The van der Waals surface area contributed by atoms with E-state index in [1.807, 2.05) is 12.2 Å². The first-order chi connectivity index (χ1) is 9.66. The van der Waals surface area contributed by atoms with E-state index in [2.05, 4.69) is 15.3 Å². The van der Waals surface area contributed by atoms with Crippen LogP contribution in [0.2, 0.25) is 0 Å². The zero-order valence-electron chi connectivity index (χ0n) is 11.0. The lowest BCUT2D eigenvalue weighted by Crippen LogP contribution is -2.40. The molecule has 2 aliphatic carbocycles. The number of hydrogen-bond donors (Lipinski definition) is 3. The van der Waals surface area contributed by atoms with E-state index in [-0.39, 0.29) is 17.7 Å². The van der Waals surface area contributed by atoms with Crippen molar-refractivity contribution in [2.75, 3.05) is 6.54 Å². The number of carboxylic acids is 1. The molecule has 1 amide bonds. The van der Waals surface area contributed by atoms with Gasteiger partial charge in [-0.2, -0.15) is 0 Å². The third-order valence-corrected chi connectivity index (χ3v) is 4.30. The zero-order valence-corrected chi connectivity index (χ0v) is 11.0. The number of nitrogens with one attached hydrogen (secondary N) is 2. The smallest absolute Gasteiger partial charge is 0.307 e. The van der Waals surface area contributed by atoms with Crippen LogP contribution in [-0.4, -0.2) is 33.5 Å². The average molecular weight is 275 g/mol. The van der Waals surface area contributed by atoms with Gasteiger partial charge < -0.3 is 15.4 Å². The molecule has 6 heteroatoms. The number of imidazole rings is 1. The number of H-pyrrole nitrogens is 1. The first kappa shape index (κ1) is 12.9. The van der Waals surface area contributed by atoms with Gasteiger partial charge in [-0.25, -0.2) is 4.98 Å². The van der Waals surface area contributed by atoms with Crippen molar-refractivity contribution in [3.63, 3.8) is 0 Å². The molecule has 0 aliphatic heterocycles. The quantitative estimate of drug-likeness (QED) is 0.685. The number of aromatic amines is 1. The summed E-state index contributed by atoms with van der Waals surface area (Å²) in [6.45, 7) is 0.491. The molecular weight excluding hydrogens is 258 g/mol. The third-order valence-electron chi connectivity index (χ3n) is 4.30. The van der Waals surface area contributed by atoms with E-state index in [9.17, 15) is 14.7 Å². The monoisotopic (exact) mass is 275 g/mol. The topological polar surface area (TPSA) is 95.1 Å². The van der Waals surface area contributed by atoms with E-state index in [4.69, 9.17) is 0 Å². The predicted molar refractivity (Wildman–Crippen MR) is 70.7 cm³/mol. The maximum absolute atomic E-state index is 12.2. The molecule has 1 aromatic rings. The number of fused-ring (bicyclic) bond motifs is 2. The van der Waals surface area contributed by atoms with Crippen LogP contribution in [0.1, 0.15) is 12.1 Å². The number of hydrogen-bond acceptors (Lipinski definition) is 3. The van der Waals surface area contributed by atoms with Gasteiger partial charge in [0.1, 0.15) is 0 Å². The fourth-order valence-electron chi connectivity index (χ4n) is 3.38.